The van der Waals surface area contributed by atoms with E-state index in [1.807, 2.05) is 24.3 Å². The van der Waals surface area contributed by atoms with Gasteiger partial charge in [0, 0.05) is 12.4 Å². The number of carbonyl (C=O) groups is 1. The van der Waals surface area contributed by atoms with Crippen LogP contribution in [0, 0.1) is 0 Å². The summed E-state index contributed by atoms with van der Waals surface area (Å²) in [4.78, 5) is 19.9. The van der Waals surface area contributed by atoms with Gasteiger partial charge in [-0.3, -0.25) is 10.1 Å². The normalized spacial score (nSPS) is 10.6. The van der Waals surface area contributed by atoms with Crippen LogP contribution in [0.3, 0.4) is 0 Å². The highest BCUT2D eigenvalue weighted by Gasteiger charge is 2.09. The minimum Gasteiger partial charge on any atom is -0.484 e. The van der Waals surface area contributed by atoms with Crippen LogP contribution < -0.4 is 10.1 Å². The van der Waals surface area contributed by atoms with Gasteiger partial charge in [0.1, 0.15) is 5.75 Å². The summed E-state index contributed by atoms with van der Waals surface area (Å²) in [7, 11) is 0. The van der Waals surface area contributed by atoms with E-state index >= 15 is 0 Å². The lowest BCUT2D eigenvalue weighted by Gasteiger charge is -2.06. The molecule has 0 fully saturated rings. The first-order valence-electron chi connectivity index (χ1n) is 6.93. The van der Waals surface area contributed by atoms with Crippen molar-refractivity contribution in [1.82, 2.24) is 19.6 Å². The Morgan fingerprint density at radius 3 is 2.86 bits per heavy atom. The van der Waals surface area contributed by atoms with Crippen LogP contribution in [-0.4, -0.2) is 32.1 Å². The quantitative estimate of drug-likeness (QED) is 0.775. The molecule has 0 aliphatic rings. The minimum atomic E-state index is -0.324. The largest absolute Gasteiger partial charge is 0.484 e. The summed E-state index contributed by atoms with van der Waals surface area (Å²) in [6.07, 6.45) is 4.28. The smallest absolute Gasteiger partial charge is 0.264 e. The maximum Gasteiger partial charge on any atom is 0.264 e. The average Bonchev–Trinajstić information content (AvgIpc) is 2.95. The summed E-state index contributed by atoms with van der Waals surface area (Å²) >= 11 is 0. The van der Waals surface area contributed by atoms with Gasteiger partial charge in [-0.25, -0.2) is 9.50 Å². The molecule has 0 atom stereocenters. The molecule has 0 aliphatic carbocycles. The second kappa shape index (κ2) is 6.21. The van der Waals surface area contributed by atoms with Crippen LogP contribution in [-0.2, 0) is 11.2 Å². The highest BCUT2D eigenvalue weighted by atomic mass is 16.5. The number of benzene rings is 1. The highest BCUT2D eigenvalue weighted by Crippen LogP contribution is 2.12. The van der Waals surface area contributed by atoms with Crippen molar-refractivity contribution < 1.29 is 9.53 Å². The zero-order chi connectivity index (χ0) is 15.4. The van der Waals surface area contributed by atoms with E-state index in [1.165, 1.54) is 10.1 Å². The minimum absolute atomic E-state index is 0.103. The van der Waals surface area contributed by atoms with E-state index in [4.69, 9.17) is 4.74 Å². The van der Waals surface area contributed by atoms with Gasteiger partial charge in [0.2, 0.25) is 0 Å². The van der Waals surface area contributed by atoms with Crippen molar-refractivity contribution in [2.24, 2.45) is 0 Å². The number of fused-ring (bicyclic) bond motifs is 1. The van der Waals surface area contributed by atoms with Crippen LogP contribution in [0.1, 0.15) is 12.5 Å². The summed E-state index contributed by atoms with van der Waals surface area (Å²) < 4.78 is 6.91. The Hall–Kier alpha value is -2.96. The Labute approximate surface area is 127 Å². The first-order chi connectivity index (χ1) is 10.7. The molecule has 0 radical (unpaired) electrons. The SMILES string of the molecule is CCc1ccc(OCC(=O)Nc2nc3ncccn3n2)cc1. The number of aryl methyl sites for hydroxylation is 1. The zero-order valence-corrected chi connectivity index (χ0v) is 12.1. The third-order valence-corrected chi connectivity index (χ3v) is 3.07. The van der Waals surface area contributed by atoms with E-state index in [2.05, 4.69) is 27.3 Å². The Morgan fingerprint density at radius 1 is 1.32 bits per heavy atom. The molecule has 0 aliphatic heterocycles. The molecule has 3 rings (SSSR count). The molecule has 2 aromatic heterocycles. The van der Waals surface area contributed by atoms with Crippen molar-refractivity contribution in [3.05, 3.63) is 48.3 Å². The molecular weight excluding hydrogens is 282 g/mol. The first kappa shape index (κ1) is 14.0. The summed E-state index contributed by atoms with van der Waals surface area (Å²) in [6, 6.07) is 9.37. The summed E-state index contributed by atoms with van der Waals surface area (Å²) in [5, 5.41) is 6.66. The van der Waals surface area contributed by atoms with Crippen molar-refractivity contribution in [2.75, 3.05) is 11.9 Å². The lowest BCUT2D eigenvalue weighted by molar-refractivity contribution is -0.118. The summed E-state index contributed by atoms with van der Waals surface area (Å²) in [5.74, 6) is 0.954. The van der Waals surface area contributed by atoms with Crippen LogP contribution in [0.4, 0.5) is 5.95 Å². The van der Waals surface area contributed by atoms with E-state index in [-0.39, 0.29) is 18.5 Å². The van der Waals surface area contributed by atoms with Crippen molar-refractivity contribution in [2.45, 2.75) is 13.3 Å². The maximum absolute atomic E-state index is 11.8. The van der Waals surface area contributed by atoms with Gasteiger partial charge in [0.25, 0.3) is 17.6 Å². The molecule has 7 heteroatoms. The molecule has 1 aromatic carbocycles. The van der Waals surface area contributed by atoms with Crippen LogP contribution in [0.15, 0.2) is 42.7 Å². The number of hydrogen-bond acceptors (Lipinski definition) is 5. The van der Waals surface area contributed by atoms with Crippen LogP contribution in [0.5, 0.6) is 5.75 Å². The van der Waals surface area contributed by atoms with Gasteiger partial charge in [-0.2, -0.15) is 4.98 Å². The molecule has 0 spiro atoms. The summed E-state index contributed by atoms with van der Waals surface area (Å²) in [6.45, 7) is 1.98. The third-order valence-electron chi connectivity index (χ3n) is 3.07. The molecule has 0 unspecified atom stereocenters. The van der Waals surface area contributed by atoms with Gasteiger partial charge >= 0.3 is 0 Å². The molecular formula is C15H15N5O2. The number of amides is 1. The van der Waals surface area contributed by atoms with Gasteiger partial charge in [0.05, 0.1) is 0 Å². The standard InChI is InChI=1S/C15H15N5O2/c1-2-11-4-6-12(7-5-11)22-10-13(21)17-14-18-15-16-8-3-9-20(15)19-14/h3-9H,2,10H2,1H3,(H,17,19,21). The Kier molecular flexibility index (Phi) is 3.95. The first-order valence-corrected chi connectivity index (χ1v) is 6.93. The predicted molar refractivity (Wildman–Crippen MR) is 80.7 cm³/mol. The van der Waals surface area contributed by atoms with Crippen molar-refractivity contribution in [1.29, 1.82) is 0 Å². The van der Waals surface area contributed by atoms with E-state index in [0.29, 0.717) is 11.5 Å². The van der Waals surface area contributed by atoms with Gasteiger partial charge in [-0.1, -0.05) is 19.1 Å². The predicted octanol–water partition coefficient (Wildman–Crippen LogP) is 1.70. The Balaban J connectivity index is 1.57. The van der Waals surface area contributed by atoms with Gasteiger partial charge < -0.3 is 4.74 Å². The van der Waals surface area contributed by atoms with E-state index < -0.39 is 0 Å². The van der Waals surface area contributed by atoms with Crippen molar-refractivity contribution in [3.8, 4) is 5.75 Å². The Bertz CT molecular complexity index is 749. The molecule has 1 N–H and O–H groups in total. The molecule has 112 valence electrons. The fourth-order valence-electron chi connectivity index (χ4n) is 1.92. The number of aromatic nitrogens is 4. The number of anilines is 1. The zero-order valence-electron chi connectivity index (χ0n) is 12.1. The average molecular weight is 297 g/mol. The van der Waals surface area contributed by atoms with Crippen LogP contribution in [0.2, 0.25) is 0 Å². The number of nitrogens with zero attached hydrogens (tertiary/aromatic N) is 4. The van der Waals surface area contributed by atoms with E-state index in [0.717, 1.165) is 6.42 Å². The summed E-state index contributed by atoms with van der Waals surface area (Å²) in [5.41, 5.74) is 1.22. The lowest BCUT2D eigenvalue weighted by atomic mass is 10.2. The molecule has 22 heavy (non-hydrogen) atoms. The fourth-order valence-corrected chi connectivity index (χ4v) is 1.92. The van der Waals surface area contributed by atoms with Gasteiger partial charge in [-0.15, -0.1) is 5.10 Å². The highest BCUT2D eigenvalue weighted by molar-refractivity contribution is 5.90. The van der Waals surface area contributed by atoms with Gasteiger partial charge in [-0.05, 0) is 30.2 Å². The molecule has 1 amide bonds. The van der Waals surface area contributed by atoms with Gasteiger partial charge in [0.15, 0.2) is 6.61 Å². The fraction of sp³-hybridized carbons (Fsp3) is 0.200. The number of hydrogen-bond donors (Lipinski definition) is 1. The number of rotatable bonds is 5. The number of carbonyl (C=O) groups excluding carboxylic acids is 1. The van der Waals surface area contributed by atoms with Crippen molar-refractivity contribution in [3.63, 3.8) is 0 Å². The second-order valence-electron chi connectivity index (χ2n) is 4.63. The number of nitrogens with one attached hydrogen (secondary N) is 1. The topological polar surface area (TPSA) is 81.4 Å². The molecule has 0 bridgehead atoms. The van der Waals surface area contributed by atoms with Crippen molar-refractivity contribution >= 4 is 17.6 Å². The van der Waals surface area contributed by atoms with E-state index in [9.17, 15) is 4.79 Å². The third kappa shape index (κ3) is 3.20. The van der Waals surface area contributed by atoms with Crippen LogP contribution in [0.25, 0.3) is 5.78 Å². The van der Waals surface area contributed by atoms with Crippen LogP contribution >= 0.6 is 0 Å². The Morgan fingerprint density at radius 2 is 2.14 bits per heavy atom. The molecule has 0 saturated heterocycles. The maximum atomic E-state index is 11.8. The molecule has 0 saturated carbocycles. The number of ether oxygens (including phenoxy) is 1. The van der Waals surface area contributed by atoms with E-state index in [1.54, 1.807) is 18.5 Å². The molecule has 2 heterocycles. The monoisotopic (exact) mass is 297 g/mol. The molecule has 7 nitrogen and oxygen atoms in total. The lowest BCUT2D eigenvalue weighted by Crippen LogP contribution is -2.20. The molecule has 3 aromatic rings. The second-order valence-corrected chi connectivity index (χ2v) is 4.63.